The first-order chi connectivity index (χ1) is 9.51. The Labute approximate surface area is 118 Å². The molecule has 3 N–H and O–H groups in total. The summed E-state index contributed by atoms with van der Waals surface area (Å²) < 4.78 is 5.22. The Morgan fingerprint density at radius 3 is 2.60 bits per heavy atom. The van der Waals surface area contributed by atoms with E-state index in [4.69, 9.17) is 10.5 Å². The molecule has 0 bridgehead atoms. The first kappa shape index (κ1) is 13.9. The summed E-state index contributed by atoms with van der Waals surface area (Å²) in [6, 6.07) is 10.9. The number of methoxy groups -OCH3 is 1. The highest BCUT2D eigenvalue weighted by Crippen LogP contribution is 2.27. The van der Waals surface area contributed by atoms with Crippen LogP contribution in [0.2, 0.25) is 0 Å². The molecule has 0 spiro atoms. The topological polar surface area (TPSA) is 64.3 Å². The number of nitrogens with one attached hydrogen (secondary N) is 1. The van der Waals surface area contributed by atoms with E-state index in [0.717, 1.165) is 11.1 Å². The number of aryl methyl sites for hydroxylation is 2. The summed E-state index contributed by atoms with van der Waals surface area (Å²) in [7, 11) is 1.54. The van der Waals surface area contributed by atoms with Crippen molar-refractivity contribution in [3.63, 3.8) is 0 Å². The van der Waals surface area contributed by atoms with Crippen molar-refractivity contribution in [3.8, 4) is 5.75 Å². The summed E-state index contributed by atoms with van der Waals surface area (Å²) in [6.45, 7) is 3.87. The smallest absolute Gasteiger partial charge is 0.256 e. The SMILES string of the molecule is COc1cc(N)ccc1NC(=O)c1cc(C)ccc1C. The second-order valence-electron chi connectivity index (χ2n) is 4.73. The third kappa shape index (κ3) is 2.91. The van der Waals surface area contributed by atoms with Crippen molar-refractivity contribution in [1.82, 2.24) is 0 Å². The van der Waals surface area contributed by atoms with Crippen molar-refractivity contribution >= 4 is 17.3 Å². The number of carbonyl (C=O) groups is 1. The second kappa shape index (κ2) is 5.65. The Bertz CT molecular complexity index is 651. The third-order valence-electron chi connectivity index (χ3n) is 3.11. The van der Waals surface area contributed by atoms with Crippen LogP contribution in [0.5, 0.6) is 5.75 Å². The maximum Gasteiger partial charge on any atom is 0.256 e. The first-order valence-corrected chi connectivity index (χ1v) is 6.33. The number of anilines is 2. The summed E-state index contributed by atoms with van der Waals surface area (Å²) >= 11 is 0. The number of rotatable bonds is 3. The summed E-state index contributed by atoms with van der Waals surface area (Å²) in [5.74, 6) is 0.387. The molecule has 104 valence electrons. The van der Waals surface area contributed by atoms with Crippen molar-refractivity contribution < 1.29 is 9.53 Å². The number of hydrogen-bond acceptors (Lipinski definition) is 3. The average Bonchev–Trinajstić information content (AvgIpc) is 2.43. The number of nitrogens with two attached hydrogens (primary N) is 1. The van der Waals surface area contributed by atoms with Crippen molar-refractivity contribution in [2.45, 2.75) is 13.8 Å². The molecule has 4 nitrogen and oxygen atoms in total. The molecule has 0 saturated heterocycles. The lowest BCUT2D eigenvalue weighted by molar-refractivity contribution is 0.102. The predicted molar refractivity (Wildman–Crippen MR) is 81.3 cm³/mol. The molecule has 2 aromatic carbocycles. The molecule has 0 aliphatic carbocycles. The highest BCUT2D eigenvalue weighted by atomic mass is 16.5. The summed E-state index contributed by atoms with van der Waals surface area (Å²) in [5.41, 5.74) is 9.53. The first-order valence-electron chi connectivity index (χ1n) is 6.33. The van der Waals surface area contributed by atoms with Gasteiger partial charge in [-0.2, -0.15) is 0 Å². The van der Waals surface area contributed by atoms with Gasteiger partial charge in [-0.05, 0) is 37.6 Å². The van der Waals surface area contributed by atoms with Crippen molar-refractivity contribution in [2.75, 3.05) is 18.2 Å². The van der Waals surface area contributed by atoms with E-state index in [1.54, 1.807) is 25.3 Å². The molecular weight excluding hydrogens is 252 g/mol. The molecule has 1 amide bonds. The molecule has 0 saturated carbocycles. The molecule has 2 rings (SSSR count). The van der Waals surface area contributed by atoms with Crippen LogP contribution in [0.4, 0.5) is 11.4 Å². The number of nitrogen functional groups attached to an aromatic ring is 1. The van der Waals surface area contributed by atoms with Gasteiger partial charge >= 0.3 is 0 Å². The quantitative estimate of drug-likeness (QED) is 0.842. The summed E-state index contributed by atoms with van der Waals surface area (Å²) in [6.07, 6.45) is 0. The van der Waals surface area contributed by atoms with E-state index in [1.165, 1.54) is 0 Å². The zero-order valence-corrected chi connectivity index (χ0v) is 11.9. The number of ether oxygens (including phenoxy) is 1. The van der Waals surface area contributed by atoms with Crippen LogP contribution < -0.4 is 15.8 Å². The van der Waals surface area contributed by atoms with Gasteiger partial charge in [0, 0.05) is 17.3 Å². The largest absolute Gasteiger partial charge is 0.494 e. The normalized spacial score (nSPS) is 10.2. The summed E-state index contributed by atoms with van der Waals surface area (Å²) in [5, 5.41) is 2.85. The monoisotopic (exact) mass is 270 g/mol. The van der Waals surface area contributed by atoms with Crippen LogP contribution in [0.3, 0.4) is 0 Å². The standard InChI is InChI=1S/C16H18N2O2/c1-10-4-5-11(2)13(8-10)16(19)18-14-7-6-12(17)9-15(14)20-3/h4-9H,17H2,1-3H3,(H,18,19). The fourth-order valence-electron chi connectivity index (χ4n) is 1.98. The van der Waals surface area contributed by atoms with Crippen LogP contribution >= 0.6 is 0 Å². The minimum absolute atomic E-state index is 0.158. The number of carbonyl (C=O) groups excluding carboxylic acids is 1. The van der Waals surface area contributed by atoms with E-state index in [0.29, 0.717) is 22.7 Å². The molecule has 4 heteroatoms. The molecular formula is C16H18N2O2. The Balaban J connectivity index is 2.30. The molecule has 0 heterocycles. The Morgan fingerprint density at radius 1 is 1.15 bits per heavy atom. The van der Waals surface area contributed by atoms with Gasteiger partial charge in [0.1, 0.15) is 5.75 Å². The Morgan fingerprint density at radius 2 is 1.90 bits per heavy atom. The van der Waals surface area contributed by atoms with Gasteiger partial charge in [-0.25, -0.2) is 0 Å². The van der Waals surface area contributed by atoms with E-state index in [9.17, 15) is 4.79 Å². The van der Waals surface area contributed by atoms with Gasteiger partial charge in [0.2, 0.25) is 0 Å². The lowest BCUT2D eigenvalue weighted by atomic mass is 10.0. The molecule has 0 aliphatic heterocycles. The lowest BCUT2D eigenvalue weighted by Gasteiger charge is -2.12. The predicted octanol–water partition coefficient (Wildman–Crippen LogP) is 3.15. The van der Waals surface area contributed by atoms with Crippen LogP contribution in [0, 0.1) is 13.8 Å². The molecule has 0 fully saturated rings. The highest BCUT2D eigenvalue weighted by molar-refractivity contribution is 6.06. The van der Waals surface area contributed by atoms with Crippen LogP contribution in [0.1, 0.15) is 21.5 Å². The zero-order valence-electron chi connectivity index (χ0n) is 11.9. The van der Waals surface area contributed by atoms with Crippen LogP contribution in [-0.4, -0.2) is 13.0 Å². The van der Waals surface area contributed by atoms with Gasteiger partial charge in [0.05, 0.1) is 12.8 Å². The minimum Gasteiger partial charge on any atom is -0.494 e. The molecule has 0 aromatic heterocycles. The molecule has 20 heavy (non-hydrogen) atoms. The maximum absolute atomic E-state index is 12.3. The zero-order chi connectivity index (χ0) is 14.7. The van der Waals surface area contributed by atoms with Crippen LogP contribution in [0.15, 0.2) is 36.4 Å². The lowest BCUT2D eigenvalue weighted by Crippen LogP contribution is -2.14. The second-order valence-corrected chi connectivity index (χ2v) is 4.73. The molecule has 0 atom stereocenters. The van der Waals surface area contributed by atoms with Gasteiger partial charge < -0.3 is 15.8 Å². The van der Waals surface area contributed by atoms with Gasteiger partial charge in [-0.1, -0.05) is 17.7 Å². The van der Waals surface area contributed by atoms with Gasteiger partial charge in [0.15, 0.2) is 0 Å². The van der Waals surface area contributed by atoms with Crippen molar-refractivity contribution in [1.29, 1.82) is 0 Å². The molecule has 2 aromatic rings. The molecule has 0 radical (unpaired) electrons. The molecule has 0 unspecified atom stereocenters. The fraction of sp³-hybridized carbons (Fsp3) is 0.188. The van der Waals surface area contributed by atoms with Crippen molar-refractivity contribution in [2.24, 2.45) is 0 Å². The molecule has 0 aliphatic rings. The Kier molecular flexibility index (Phi) is 3.94. The third-order valence-corrected chi connectivity index (χ3v) is 3.11. The number of amides is 1. The van der Waals surface area contributed by atoms with E-state index in [1.807, 2.05) is 32.0 Å². The van der Waals surface area contributed by atoms with Gasteiger partial charge in [-0.15, -0.1) is 0 Å². The fourth-order valence-corrected chi connectivity index (χ4v) is 1.98. The highest BCUT2D eigenvalue weighted by Gasteiger charge is 2.12. The van der Waals surface area contributed by atoms with Crippen LogP contribution in [0.25, 0.3) is 0 Å². The number of hydrogen-bond donors (Lipinski definition) is 2. The van der Waals surface area contributed by atoms with E-state index >= 15 is 0 Å². The minimum atomic E-state index is -0.158. The summed E-state index contributed by atoms with van der Waals surface area (Å²) in [4.78, 5) is 12.3. The van der Waals surface area contributed by atoms with Crippen molar-refractivity contribution in [3.05, 3.63) is 53.1 Å². The van der Waals surface area contributed by atoms with Crippen LogP contribution in [-0.2, 0) is 0 Å². The van der Waals surface area contributed by atoms with Gasteiger partial charge in [-0.3, -0.25) is 4.79 Å². The van der Waals surface area contributed by atoms with E-state index in [2.05, 4.69) is 5.32 Å². The number of benzene rings is 2. The van der Waals surface area contributed by atoms with E-state index < -0.39 is 0 Å². The van der Waals surface area contributed by atoms with Gasteiger partial charge in [0.25, 0.3) is 5.91 Å². The van der Waals surface area contributed by atoms with E-state index in [-0.39, 0.29) is 5.91 Å². The average molecular weight is 270 g/mol. The Hall–Kier alpha value is -2.49. The maximum atomic E-state index is 12.3.